The van der Waals surface area contributed by atoms with Crippen LogP contribution in [0.1, 0.15) is 10.5 Å². The Morgan fingerprint density at radius 3 is 2.93 bits per heavy atom. The Hall–Kier alpha value is -1.82. The van der Waals surface area contributed by atoms with E-state index in [-0.39, 0.29) is 24.0 Å². The molecule has 15 heavy (non-hydrogen) atoms. The van der Waals surface area contributed by atoms with Crippen molar-refractivity contribution in [3.63, 3.8) is 0 Å². The number of halogens is 1. The van der Waals surface area contributed by atoms with Crippen molar-refractivity contribution in [3.05, 3.63) is 30.6 Å². The number of nitrogens with zero attached hydrogens (tertiary/aromatic N) is 3. The first kappa shape index (κ1) is 11.3. The average Bonchev–Trinajstić information content (AvgIpc) is 2.75. The number of rotatable bonds is 2. The molecule has 0 aliphatic carbocycles. The molecule has 0 aliphatic rings. The zero-order valence-electron chi connectivity index (χ0n) is 7.88. The van der Waals surface area contributed by atoms with Crippen molar-refractivity contribution in [1.29, 1.82) is 0 Å². The fourth-order valence-electron chi connectivity index (χ4n) is 0.987. The number of amides is 1. The molecule has 80 valence electrons. The third kappa shape index (κ3) is 2.57. The molecule has 2 aromatic heterocycles. The van der Waals surface area contributed by atoms with Crippen molar-refractivity contribution in [2.24, 2.45) is 7.05 Å². The lowest BCUT2D eigenvalue weighted by Crippen LogP contribution is -2.12. The van der Waals surface area contributed by atoms with Crippen molar-refractivity contribution < 1.29 is 9.21 Å². The third-order valence-electron chi connectivity index (χ3n) is 1.62. The van der Waals surface area contributed by atoms with Gasteiger partial charge in [-0.2, -0.15) is 5.10 Å². The van der Waals surface area contributed by atoms with E-state index in [1.807, 2.05) is 0 Å². The maximum Gasteiger partial charge on any atom is 0.278 e. The molecule has 0 fully saturated rings. The van der Waals surface area contributed by atoms with E-state index >= 15 is 0 Å². The summed E-state index contributed by atoms with van der Waals surface area (Å²) in [7, 11) is 1.77. The minimum atomic E-state index is -0.336. The number of nitrogens with one attached hydrogen (secondary N) is 1. The number of anilines is 1. The predicted molar refractivity (Wildman–Crippen MR) is 54.9 cm³/mol. The van der Waals surface area contributed by atoms with E-state index in [0.717, 1.165) is 0 Å². The van der Waals surface area contributed by atoms with E-state index in [1.165, 1.54) is 12.7 Å². The van der Waals surface area contributed by atoms with Crippen molar-refractivity contribution in [2.75, 3.05) is 5.32 Å². The van der Waals surface area contributed by atoms with Crippen LogP contribution in [0, 0.1) is 0 Å². The first-order valence-corrected chi connectivity index (χ1v) is 3.95. The van der Waals surface area contributed by atoms with Crippen molar-refractivity contribution >= 4 is 24.1 Å². The van der Waals surface area contributed by atoms with E-state index in [2.05, 4.69) is 19.8 Å². The van der Waals surface area contributed by atoms with Crippen LogP contribution in [0.4, 0.5) is 5.82 Å². The fourth-order valence-corrected chi connectivity index (χ4v) is 0.987. The molecule has 1 amide bonds. The van der Waals surface area contributed by atoms with Crippen LogP contribution >= 0.6 is 12.4 Å². The first-order chi connectivity index (χ1) is 6.75. The van der Waals surface area contributed by atoms with Gasteiger partial charge < -0.3 is 9.73 Å². The van der Waals surface area contributed by atoms with Crippen molar-refractivity contribution in [2.45, 2.75) is 0 Å². The molecule has 2 aromatic rings. The van der Waals surface area contributed by atoms with Gasteiger partial charge >= 0.3 is 0 Å². The van der Waals surface area contributed by atoms with Gasteiger partial charge in [0, 0.05) is 19.3 Å². The summed E-state index contributed by atoms with van der Waals surface area (Å²) in [6, 6.07) is 1.69. The summed E-state index contributed by atoms with van der Waals surface area (Å²) in [6.07, 6.45) is 4.21. The number of oxazole rings is 1. The number of aromatic nitrogens is 3. The molecule has 0 aliphatic heterocycles. The van der Waals surface area contributed by atoms with Crippen LogP contribution in [-0.4, -0.2) is 20.7 Å². The Morgan fingerprint density at radius 1 is 1.60 bits per heavy atom. The zero-order valence-corrected chi connectivity index (χ0v) is 8.69. The molecule has 7 heteroatoms. The number of carbonyl (C=O) groups excluding carboxylic acids is 1. The van der Waals surface area contributed by atoms with Gasteiger partial charge in [0.25, 0.3) is 5.91 Å². The normalized spacial score (nSPS) is 9.40. The number of carbonyl (C=O) groups is 1. The second-order valence-corrected chi connectivity index (χ2v) is 2.70. The van der Waals surface area contributed by atoms with Gasteiger partial charge in [-0.3, -0.25) is 9.48 Å². The van der Waals surface area contributed by atoms with Crippen LogP contribution in [0.5, 0.6) is 0 Å². The Labute approximate surface area is 91.7 Å². The van der Waals surface area contributed by atoms with E-state index in [4.69, 9.17) is 0 Å². The largest absolute Gasteiger partial charge is 0.451 e. The quantitative estimate of drug-likeness (QED) is 0.835. The highest BCUT2D eigenvalue weighted by atomic mass is 35.5. The van der Waals surface area contributed by atoms with Crippen LogP contribution in [-0.2, 0) is 7.05 Å². The predicted octanol–water partition coefficient (Wildman–Crippen LogP) is 1.08. The lowest BCUT2D eigenvalue weighted by molar-refractivity contribution is 0.102. The fraction of sp³-hybridized carbons (Fsp3) is 0.125. The standard InChI is InChI=1S/C8H8N4O2.ClH/c1-12-3-2-7(11-12)10-8(13)6-4-14-5-9-6;/h2-5H,1H3,(H,10,11,13);1H. The zero-order chi connectivity index (χ0) is 9.97. The number of hydrogen-bond donors (Lipinski definition) is 1. The van der Waals surface area contributed by atoms with Crippen molar-refractivity contribution in [1.82, 2.24) is 14.8 Å². The molecule has 0 radical (unpaired) electrons. The molecule has 2 heterocycles. The molecule has 0 bridgehead atoms. The van der Waals surface area contributed by atoms with Crippen LogP contribution in [0.3, 0.4) is 0 Å². The van der Waals surface area contributed by atoms with E-state index in [9.17, 15) is 4.79 Å². The average molecular weight is 229 g/mol. The Bertz CT molecular complexity index is 437. The van der Waals surface area contributed by atoms with Crippen LogP contribution in [0.15, 0.2) is 29.3 Å². The minimum absolute atomic E-state index is 0. The van der Waals surface area contributed by atoms with Gasteiger partial charge in [0.1, 0.15) is 6.26 Å². The first-order valence-electron chi connectivity index (χ1n) is 3.95. The second-order valence-electron chi connectivity index (χ2n) is 2.70. The molecule has 0 spiro atoms. The third-order valence-corrected chi connectivity index (χ3v) is 1.62. The Balaban J connectivity index is 0.00000112. The monoisotopic (exact) mass is 228 g/mol. The second kappa shape index (κ2) is 4.61. The SMILES string of the molecule is Cl.Cn1ccc(NC(=O)c2cocn2)n1. The molecular formula is C8H9ClN4O2. The molecule has 0 saturated heterocycles. The van der Waals surface area contributed by atoms with Gasteiger partial charge in [0.05, 0.1) is 0 Å². The lowest BCUT2D eigenvalue weighted by Gasteiger charge is -1.96. The molecule has 0 atom stereocenters. The summed E-state index contributed by atoms with van der Waals surface area (Å²) in [6.45, 7) is 0. The summed E-state index contributed by atoms with van der Waals surface area (Å²) in [5.74, 6) is 0.151. The van der Waals surface area contributed by atoms with Crippen LogP contribution in [0.2, 0.25) is 0 Å². The topological polar surface area (TPSA) is 73.0 Å². The molecule has 0 saturated carbocycles. The summed E-state index contributed by atoms with van der Waals surface area (Å²) in [4.78, 5) is 15.1. The maximum absolute atomic E-state index is 11.4. The lowest BCUT2D eigenvalue weighted by atomic mass is 10.4. The summed E-state index contributed by atoms with van der Waals surface area (Å²) in [5.41, 5.74) is 0.232. The molecule has 0 unspecified atom stereocenters. The van der Waals surface area contributed by atoms with E-state index < -0.39 is 0 Å². The summed E-state index contributed by atoms with van der Waals surface area (Å²) >= 11 is 0. The smallest absolute Gasteiger partial charge is 0.278 e. The summed E-state index contributed by atoms with van der Waals surface area (Å²) < 4.78 is 6.28. The minimum Gasteiger partial charge on any atom is -0.451 e. The summed E-state index contributed by atoms with van der Waals surface area (Å²) in [5, 5.41) is 6.56. The van der Waals surface area contributed by atoms with Gasteiger partial charge in [-0.15, -0.1) is 12.4 Å². The van der Waals surface area contributed by atoms with Gasteiger partial charge in [-0.25, -0.2) is 4.98 Å². The Morgan fingerprint density at radius 2 is 2.40 bits per heavy atom. The van der Waals surface area contributed by atoms with Gasteiger partial charge in [0.15, 0.2) is 17.9 Å². The van der Waals surface area contributed by atoms with Gasteiger partial charge in [0.2, 0.25) is 0 Å². The molecule has 6 nitrogen and oxygen atoms in total. The molecular weight excluding hydrogens is 220 g/mol. The Kier molecular flexibility index (Phi) is 3.46. The van der Waals surface area contributed by atoms with Crippen molar-refractivity contribution in [3.8, 4) is 0 Å². The van der Waals surface area contributed by atoms with Gasteiger partial charge in [-0.05, 0) is 0 Å². The van der Waals surface area contributed by atoms with E-state index in [1.54, 1.807) is 24.0 Å². The molecule has 0 aromatic carbocycles. The highest BCUT2D eigenvalue weighted by Gasteiger charge is 2.09. The molecule has 1 N–H and O–H groups in total. The van der Waals surface area contributed by atoms with Crippen LogP contribution < -0.4 is 5.32 Å². The highest BCUT2D eigenvalue weighted by Crippen LogP contribution is 2.03. The van der Waals surface area contributed by atoms with E-state index in [0.29, 0.717) is 5.82 Å². The van der Waals surface area contributed by atoms with Gasteiger partial charge in [-0.1, -0.05) is 0 Å². The highest BCUT2D eigenvalue weighted by molar-refractivity contribution is 6.01. The number of hydrogen-bond acceptors (Lipinski definition) is 4. The van der Waals surface area contributed by atoms with Crippen LogP contribution in [0.25, 0.3) is 0 Å². The molecule has 2 rings (SSSR count). The number of aryl methyl sites for hydroxylation is 1. The maximum atomic E-state index is 11.4.